The minimum Gasteiger partial charge on any atom is -0.336 e. The first-order valence-corrected chi connectivity index (χ1v) is 11.5. The minimum absolute atomic E-state index is 0.0523. The summed E-state index contributed by atoms with van der Waals surface area (Å²) in [6.07, 6.45) is 0. The fraction of sp³-hybridized carbons (Fsp3) is 0.0870. The highest BCUT2D eigenvalue weighted by molar-refractivity contribution is 9.10. The van der Waals surface area contributed by atoms with Crippen molar-refractivity contribution in [2.24, 2.45) is 0 Å². The van der Waals surface area contributed by atoms with Crippen LogP contribution in [0.5, 0.6) is 0 Å². The molecular weight excluding hydrogens is 464 g/mol. The van der Waals surface area contributed by atoms with E-state index in [4.69, 9.17) is 4.52 Å². The van der Waals surface area contributed by atoms with Crippen molar-refractivity contribution in [1.29, 1.82) is 0 Å². The van der Waals surface area contributed by atoms with E-state index in [-0.39, 0.29) is 10.8 Å². The molecule has 0 bridgehead atoms. The van der Waals surface area contributed by atoms with Crippen molar-refractivity contribution in [1.82, 2.24) is 5.16 Å². The third-order valence-corrected chi connectivity index (χ3v) is 7.03. The van der Waals surface area contributed by atoms with Crippen LogP contribution in [-0.4, -0.2) is 13.6 Å². The Bertz CT molecular complexity index is 1300. The first-order valence-electron chi connectivity index (χ1n) is 9.26. The third kappa shape index (κ3) is 4.04. The van der Waals surface area contributed by atoms with Crippen molar-refractivity contribution >= 4 is 31.8 Å². The molecule has 0 saturated carbocycles. The highest BCUT2D eigenvalue weighted by Crippen LogP contribution is 2.35. The number of anilines is 1. The van der Waals surface area contributed by atoms with Crippen LogP contribution in [0.2, 0.25) is 0 Å². The lowest BCUT2D eigenvalue weighted by molar-refractivity contribution is 0.430. The zero-order valence-electron chi connectivity index (χ0n) is 16.4. The lowest BCUT2D eigenvalue weighted by Gasteiger charge is -2.14. The van der Waals surface area contributed by atoms with Crippen molar-refractivity contribution < 1.29 is 12.9 Å². The van der Waals surface area contributed by atoms with Crippen molar-refractivity contribution in [3.63, 3.8) is 0 Å². The number of halogens is 1. The molecule has 0 aliphatic heterocycles. The maximum Gasteiger partial charge on any atom is 0.264 e. The van der Waals surface area contributed by atoms with Crippen LogP contribution >= 0.6 is 15.9 Å². The number of benzene rings is 3. The number of hydrogen-bond acceptors (Lipinski definition) is 4. The maximum absolute atomic E-state index is 13.0. The molecule has 1 heterocycles. The van der Waals surface area contributed by atoms with Gasteiger partial charge in [0.1, 0.15) is 4.47 Å². The second kappa shape index (κ2) is 8.08. The summed E-state index contributed by atoms with van der Waals surface area (Å²) >= 11 is 3.29. The molecule has 0 atom stereocenters. The summed E-state index contributed by atoms with van der Waals surface area (Å²) < 4.78 is 34.1. The number of sulfonamides is 1. The van der Waals surface area contributed by atoms with E-state index in [0.29, 0.717) is 10.2 Å². The normalized spacial score (nSPS) is 11.4. The summed E-state index contributed by atoms with van der Waals surface area (Å²) in [5.74, 6) is 0.0523. The molecular formula is C23H19BrN2O3S. The number of aryl methyl sites for hydroxylation is 2. The molecule has 7 heteroatoms. The van der Waals surface area contributed by atoms with Crippen LogP contribution in [0.15, 0.2) is 86.7 Å². The molecule has 5 nitrogen and oxygen atoms in total. The quantitative estimate of drug-likeness (QED) is 0.368. The first-order chi connectivity index (χ1) is 14.3. The first kappa shape index (κ1) is 20.4. The number of nitrogens with one attached hydrogen (secondary N) is 1. The topological polar surface area (TPSA) is 72.2 Å². The Balaban J connectivity index is 1.83. The monoisotopic (exact) mass is 482 g/mol. The second-order valence-corrected chi connectivity index (χ2v) is 9.43. The van der Waals surface area contributed by atoms with Gasteiger partial charge in [-0.05, 0) is 64.2 Å². The standard InChI is InChI=1S/C23H19BrN2O3S/c1-15-8-10-18(11-9-15)21-14-19(12-13-20(21)17-6-4-3-5-7-17)30(27,28)26-23-22(24)16(2)25-29-23/h3-14,26H,1-2H3. The highest BCUT2D eigenvalue weighted by Gasteiger charge is 2.21. The van der Waals surface area contributed by atoms with E-state index >= 15 is 0 Å². The number of aromatic nitrogens is 1. The minimum atomic E-state index is -3.87. The van der Waals surface area contributed by atoms with E-state index in [1.165, 1.54) is 0 Å². The van der Waals surface area contributed by atoms with Crippen molar-refractivity contribution in [3.8, 4) is 22.3 Å². The van der Waals surface area contributed by atoms with Gasteiger partial charge in [-0.15, -0.1) is 0 Å². The average molecular weight is 483 g/mol. The van der Waals surface area contributed by atoms with Crippen LogP contribution in [0, 0.1) is 13.8 Å². The van der Waals surface area contributed by atoms with E-state index < -0.39 is 10.0 Å². The number of rotatable bonds is 5. The predicted molar refractivity (Wildman–Crippen MR) is 122 cm³/mol. The largest absolute Gasteiger partial charge is 0.336 e. The summed E-state index contributed by atoms with van der Waals surface area (Å²) in [6.45, 7) is 3.74. The molecule has 152 valence electrons. The van der Waals surface area contributed by atoms with E-state index in [0.717, 1.165) is 27.8 Å². The Morgan fingerprint density at radius 1 is 0.867 bits per heavy atom. The molecule has 0 spiro atoms. The smallest absolute Gasteiger partial charge is 0.264 e. The molecule has 0 aliphatic carbocycles. The van der Waals surface area contributed by atoms with Gasteiger partial charge in [0.15, 0.2) is 0 Å². The summed E-state index contributed by atoms with van der Waals surface area (Å²) in [7, 11) is -3.87. The van der Waals surface area contributed by atoms with Gasteiger partial charge in [0.25, 0.3) is 15.9 Å². The zero-order valence-corrected chi connectivity index (χ0v) is 18.8. The van der Waals surface area contributed by atoms with Crippen molar-refractivity contribution in [2.45, 2.75) is 18.7 Å². The SMILES string of the molecule is Cc1ccc(-c2cc(S(=O)(=O)Nc3onc(C)c3Br)ccc2-c2ccccc2)cc1. The Morgan fingerprint density at radius 3 is 2.17 bits per heavy atom. The van der Waals surface area contributed by atoms with E-state index in [2.05, 4.69) is 25.8 Å². The Hall–Kier alpha value is -2.90. The molecule has 0 unspecified atom stereocenters. The summed E-state index contributed by atoms with van der Waals surface area (Å²) in [6, 6.07) is 23.0. The molecule has 1 aromatic heterocycles. The van der Waals surface area contributed by atoms with Gasteiger partial charge in [0, 0.05) is 0 Å². The molecule has 30 heavy (non-hydrogen) atoms. The molecule has 0 radical (unpaired) electrons. The molecule has 4 rings (SSSR count). The van der Waals surface area contributed by atoms with Crippen LogP contribution in [0.1, 0.15) is 11.3 Å². The van der Waals surface area contributed by atoms with Gasteiger partial charge < -0.3 is 4.52 Å². The van der Waals surface area contributed by atoms with Gasteiger partial charge in [-0.1, -0.05) is 71.4 Å². The second-order valence-electron chi connectivity index (χ2n) is 6.96. The molecule has 1 N–H and O–H groups in total. The van der Waals surface area contributed by atoms with E-state index in [1.54, 1.807) is 19.1 Å². The van der Waals surface area contributed by atoms with Crippen LogP contribution in [0.25, 0.3) is 22.3 Å². The molecule has 0 saturated heterocycles. The Morgan fingerprint density at radius 2 is 1.53 bits per heavy atom. The van der Waals surface area contributed by atoms with Crippen LogP contribution in [0.3, 0.4) is 0 Å². The summed E-state index contributed by atoms with van der Waals surface area (Å²) in [5.41, 5.74) is 5.43. The number of hydrogen-bond donors (Lipinski definition) is 1. The zero-order chi connectivity index (χ0) is 21.3. The van der Waals surface area contributed by atoms with Gasteiger partial charge in [0.2, 0.25) is 0 Å². The molecule has 3 aromatic carbocycles. The fourth-order valence-electron chi connectivity index (χ4n) is 3.13. The average Bonchev–Trinajstić information content (AvgIpc) is 3.06. The summed E-state index contributed by atoms with van der Waals surface area (Å²) in [4.78, 5) is 0.138. The van der Waals surface area contributed by atoms with Crippen molar-refractivity contribution in [2.75, 3.05) is 4.72 Å². The molecule has 0 aliphatic rings. The van der Waals surface area contributed by atoms with Gasteiger partial charge in [-0.25, -0.2) is 13.1 Å². The van der Waals surface area contributed by atoms with E-state index in [9.17, 15) is 8.42 Å². The fourth-order valence-corrected chi connectivity index (χ4v) is 4.53. The van der Waals surface area contributed by atoms with E-state index in [1.807, 2.05) is 67.6 Å². The van der Waals surface area contributed by atoms with Crippen molar-refractivity contribution in [3.05, 3.63) is 88.5 Å². The van der Waals surface area contributed by atoms with Crippen LogP contribution in [0.4, 0.5) is 5.88 Å². The van der Waals surface area contributed by atoms with Crippen LogP contribution in [-0.2, 0) is 10.0 Å². The Labute approximate surface area is 183 Å². The highest BCUT2D eigenvalue weighted by atomic mass is 79.9. The lowest BCUT2D eigenvalue weighted by atomic mass is 9.94. The van der Waals surface area contributed by atoms with Gasteiger partial charge >= 0.3 is 0 Å². The van der Waals surface area contributed by atoms with Gasteiger partial charge in [0.05, 0.1) is 10.6 Å². The lowest BCUT2D eigenvalue weighted by Crippen LogP contribution is -2.13. The van der Waals surface area contributed by atoms with Gasteiger partial charge in [-0.2, -0.15) is 0 Å². The third-order valence-electron chi connectivity index (χ3n) is 4.77. The van der Waals surface area contributed by atoms with Gasteiger partial charge in [-0.3, -0.25) is 0 Å². The molecule has 0 amide bonds. The Kier molecular flexibility index (Phi) is 5.49. The molecule has 4 aromatic rings. The van der Waals surface area contributed by atoms with Crippen LogP contribution < -0.4 is 4.72 Å². The number of nitrogens with zero attached hydrogens (tertiary/aromatic N) is 1. The maximum atomic E-state index is 13.0. The predicted octanol–water partition coefficient (Wildman–Crippen LogP) is 6.19. The summed E-state index contributed by atoms with van der Waals surface area (Å²) in [5, 5.41) is 3.77. The molecule has 0 fully saturated rings.